The molecule has 0 bridgehead atoms. The quantitative estimate of drug-likeness (QED) is 0.593. The average molecular weight is 437 g/mol. The summed E-state index contributed by atoms with van der Waals surface area (Å²) in [5.41, 5.74) is 5.46. The fourth-order valence-electron chi connectivity index (χ4n) is 4.32. The van der Waals surface area contributed by atoms with Gasteiger partial charge in [0, 0.05) is 17.1 Å². The van der Waals surface area contributed by atoms with E-state index >= 15 is 0 Å². The van der Waals surface area contributed by atoms with Crippen LogP contribution in [0.15, 0.2) is 47.8 Å². The molecule has 1 atom stereocenters. The molecule has 0 aliphatic carbocycles. The van der Waals surface area contributed by atoms with Gasteiger partial charge in [0.1, 0.15) is 0 Å². The van der Waals surface area contributed by atoms with Gasteiger partial charge in [0.25, 0.3) is 0 Å². The van der Waals surface area contributed by atoms with Crippen LogP contribution in [0.4, 0.5) is 5.69 Å². The summed E-state index contributed by atoms with van der Waals surface area (Å²) in [6, 6.07) is 14.4. The third kappa shape index (κ3) is 4.31. The minimum absolute atomic E-state index is 0.00267. The zero-order valence-electron chi connectivity index (χ0n) is 18.4. The third-order valence-corrected chi connectivity index (χ3v) is 6.80. The molecule has 162 valence electrons. The van der Waals surface area contributed by atoms with Gasteiger partial charge in [-0.2, -0.15) is 0 Å². The lowest BCUT2D eigenvalue weighted by molar-refractivity contribution is -0.117. The van der Waals surface area contributed by atoms with E-state index < -0.39 is 0 Å². The smallest absolute Gasteiger partial charge is 0.238 e. The van der Waals surface area contributed by atoms with Crippen molar-refractivity contribution >= 4 is 22.9 Å². The fourth-order valence-corrected chi connectivity index (χ4v) is 5.20. The highest BCUT2D eigenvalue weighted by atomic mass is 32.1. The second-order valence-corrected chi connectivity index (χ2v) is 8.84. The van der Waals surface area contributed by atoms with Crippen LogP contribution in [0.1, 0.15) is 33.2 Å². The van der Waals surface area contributed by atoms with Crippen molar-refractivity contribution in [2.45, 2.75) is 26.3 Å². The molecule has 0 unspecified atom stereocenters. The van der Waals surface area contributed by atoms with Crippen molar-refractivity contribution in [2.75, 3.05) is 32.6 Å². The van der Waals surface area contributed by atoms with Crippen LogP contribution in [0, 0.1) is 13.8 Å². The standard InChI is InChI=1S/C25H28N2O3S/c1-16-7-5-8-17(2)24(16)26-23(28)15-27-11-10-18-13-20(29-3)21(30-4)14-19(18)25(27)22-9-6-12-31-22/h5-9,12-14,25H,10-11,15H2,1-4H3,(H,26,28)/t25-/m1/s1. The molecule has 6 heteroatoms. The first-order valence-corrected chi connectivity index (χ1v) is 11.3. The van der Waals surface area contributed by atoms with Gasteiger partial charge in [-0.3, -0.25) is 9.69 Å². The largest absolute Gasteiger partial charge is 0.493 e. The maximum Gasteiger partial charge on any atom is 0.238 e. The number of methoxy groups -OCH3 is 2. The van der Waals surface area contributed by atoms with Gasteiger partial charge in [-0.05, 0) is 66.1 Å². The Morgan fingerprint density at radius 1 is 1.10 bits per heavy atom. The highest BCUT2D eigenvalue weighted by molar-refractivity contribution is 7.10. The fraction of sp³-hybridized carbons (Fsp3) is 0.320. The Labute approximate surface area is 187 Å². The Morgan fingerprint density at radius 2 is 1.81 bits per heavy atom. The van der Waals surface area contributed by atoms with E-state index in [4.69, 9.17) is 9.47 Å². The summed E-state index contributed by atoms with van der Waals surface area (Å²) in [6.07, 6.45) is 0.855. The lowest BCUT2D eigenvalue weighted by atomic mass is 9.91. The molecule has 1 N–H and O–H groups in total. The van der Waals surface area contributed by atoms with Crippen molar-refractivity contribution in [2.24, 2.45) is 0 Å². The maximum atomic E-state index is 13.0. The number of para-hydroxylation sites is 1. The molecular formula is C25H28N2O3S. The van der Waals surface area contributed by atoms with Crippen LogP contribution in [0.2, 0.25) is 0 Å². The summed E-state index contributed by atoms with van der Waals surface area (Å²) in [5.74, 6) is 1.46. The number of hydrogen-bond acceptors (Lipinski definition) is 5. The molecule has 1 aliphatic heterocycles. The highest BCUT2D eigenvalue weighted by Crippen LogP contribution is 2.42. The minimum atomic E-state index is 0.00267. The van der Waals surface area contributed by atoms with Crippen molar-refractivity contribution in [1.29, 1.82) is 0 Å². The van der Waals surface area contributed by atoms with Gasteiger partial charge < -0.3 is 14.8 Å². The van der Waals surface area contributed by atoms with E-state index in [1.165, 1.54) is 16.0 Å². The first-order valence-electron chi connectivity index (χ1n) is 10.4. The number of nitrogens with one attached hydrogen (secondary N) is 1. The summed E-state index contributed by atoms with van der Waals surface area (Å²) in [4.78, 5) is 16.5. The number of benzene rings is 2. The molecule has 2 heterocycles. The van der Waals surface area contributed by atoms with Gasteiger partial charge >= 0.3 is 0 Å². The molecule has 1 amide bonds. The van der Waals surface area contributed by atoms with Crippen molar-refractivity contribution < 1.29 is 14.3 Å². The summed E-state index contributed by atoms with van der Waals surface area (Å²) in [7, 11) is 3.32. The number of fused-ring (bicyclic) bond motifs is 1. The minimum Gasteiger partial charge on any atom is -0.493 e. The number of carbonyl (C=O) groups excluding carboxylic acids is 1. The van der Waals surface area contributed by atoms with Gasteiger partial charge in [-0.15, -0.1) is 11.3 Å². The van der Waals surface area contributed by atoms with E-state index in [1.807, 2.05) is 32.0 Å². The summed E-state index contributed by atoms with van der Waals surface area (Å²) < 4.78 is 11.1. The number of carbonyl (C=O) groups is 1. The molecule has 0 spiro atoms. The third-order valence-electron chi connectivity index (χ3n) is 5.88. The van der Waals surface area contributed by atoms with E-state index in [9.17, 15) is 4.79 Å². The normalized spacial score (nSPS) is 15.9. The average Bonchev–Trinajstić information content (AvgIpc) is 3.29. The lowest BCUT2D eigenvalue weighted by Crippen LogP contribution is -2.41. The van der Waals surface area contributed by atoms with Crippen LogP contribution in [-0.2, 0) is 11.2 Å². The van der Waals surface area contributed by atoms with Gasteiger partial charge in [-0.1, -0.05) is 24.3 Å². The van der Waals surface area contributed by atoms with Crippen LogP contribution in [0.5, 0.6) is 11.5 Å². The van der Waals surface area contributed by atoms with Gasteiger partial charge in [-0.25, -0.2) is 0 Å². The summed E-state index contributed by atoms with van der Waals surface area (Å²) in [5, 5.41) is 5.22. The number of aryl methyl sites for hydroxylation is 2. The molecule has 31 heavy (non-hydrogen) atoms. The SMILES string of the molecule is COc1cc2c(cc1OC)[C@H](c1cccs1)N(CC(=O)Nc1c(C)cccc1C)CC2. The van der Waals surface area contributed by atoms with Crippen molar-refractivity contribution in [3.05, 3.63) is 75.0 Å². The van der Waals surface area contributed by atoms with E-state index in [0.29, 0.717) is 12.3 Å². The van der Waals surface area contributed by atoms with Crippen molar-refractivity contribution in [3.63, 3.8) is 0 Å². The van der Waals surface area contributed by atoms with Gasteiger partial charge in [0.05, 0.1) is 26.8 Å². The first kappa shape index (κ1) is 21.4. The Hall–Kier alpha value is -2.83. The predicted molar refractivity (Wildman–Crippen MR) is 126 cm³/mol. The highest BCUT2D eigenvalue weighted by Gasteiger charge is 2.32. The number of thiophene rings is 1. The predicted octanol–water partition coefficient (Wildman–Crippen LogP) is 4.97. The molecule has 1 aromatic heterocycles. The van der Waals surface area contributed by atoms with Gasteiger partial charge in [0.15, 0.2) is 11.5 Å². The Bertz CT molecular complexity index is 1060. The molecule has 0 fully saturated rings. The zero-order valence-corrected chi connectivity index (χ0v) is 19.2. The summed E-state index contributed by atoms with van der Waals surface area (Å²) >= 11 is 1.71. The molecule has 0 saturated carbocycles. The molecule has 2 aromatic carbocycles. The summed E-state index contributed by atoms with van der Waals surface area (Å²) in [6.45, 7) is 5.16. The molecule has 1 aliphatic rings. The number of nitrogens with zero attached hydrogens (tertiary/aromatic N) is 1. The number of anilines is 1. The first-order chi connectivity index (χ1) is 15.0. The van der Waals surface area contributed by atoms with Crippen LogP contribution < -0.4 is 14.8 Å². The Kier molecular flexibility index (Phi) is 6.30. The molecule has 5 nitrogen and oxygen atoms in total. The van der Waals surface area contributed by atoms with E-state index in [-0.39, 0.29) is 11.9 Å². The number of rotatable bonds is 6. The van der Waals surface area contributed by atoms with Crippen LogP contribution in [-0.4, -0.2) is 38.1 Å². The van der Waals surface area contributed by atoms with Crippen LogP contribution in [0.3, 0.4) is 0 Å². The topological polar surface area (TPSA) is 50.8 Å². The van der Waals surface area contributed by atoms with Crippen LogP contribution >= 0.6 is 11.3 Å². The molecule has 0 saturated heterocycles. The second-order valence-electron chi connectivity index (χ2n) is 7.86. The molecule has 4 rings (SSSR count). The Balaban J connectivity index is 1.64. The van der Waals surface area contributed by atoms with Crippen molar-refractivity contribution in [3.8, 4) is 11.5 Å². The molecule has 0 radical (unpaired) electrons. The monoisotopic (exact) mass is 436 g/mol. The number of amides is 1. The maximum absolute atomic E-state index is 13.0. The number of hydrogen-bond donors (Lipinski definition) is 1. The van der Waals surface area contributed by atoms with Gasteiger partial charge in [0.2, 0.25) is 5.91 Å². The Morgan fingerprint density at radius 3 is 2.45 bits per heavy atom. The van der Waals surface area contributed by atoms with Crippen molar-refractivity contribution in [1.82, 2.24) is 4.90 Å². The second kappa shape index (κ2) is 9.12. The van der Waals surface area contributed by atoms with E-state index in [0.717, 1.165) is 35.5 Å². The molecular weight excluding hydrogens is 408 g/mol. The zero-order chi connectivity index (χ0) is 22.0. The number of ether oxygens (including phenoxy) is 2. The van der Waals surface area contributed by atoms with E-state index in [1.54, 1.807) is 25.6 Å². The lowest BCUT2D eigenvalue weighted by Gasteiger charge is -2.37. The van der Waals surface area contributed by atoms with Crippen LogP contribution in [0.25, 0.3) is 0 Å². The van der Waals surface area contributed by atoms with E-state index in [2.05, 4.69) is 39.9 Å². The molecule has 3 aromatic rings.